The minimum Gasteiger partial charge on any atom is -0.344 e. The van der Waals surface area contributed by atoms with E-state index in [-0.39, 0.29) is 12.5 Å². The third-order valence-corrected chi connectivity index (χ3v) is 3.83. The van der Waals surface area contributed by atoms with Gasteiger partial charge in [0.05, 0.1) is 12.2 Å². The third kappa shape index (κ3) is 3.77. The van der Waals surface area contributed by atoms with Gasteiger partial charge in [-0.3, -0.25) is 4.79 Å². The summed E-state index contributed by atoms with van der Waals surface area (Å²) in [5.41, 5.74) is 2.56. The number of carbonyl (C=O) groups excluding carboxylic acids is 1. The highest BCUT2D eigenvalue weighted by Crippen LogP contribution is 2.20. The van der Waals surface area contributed by atoms with Crippen molar-refractivity contribution >= 4 is 33.5 Å². The lowest BCUT2D eigenvalue weighted by molar-refractivity contribution is -0.114. The Kier molecular flexibility index (Phi) is 4.85. The molecule has 0 aliphatic heterocycles. The summed E-state index contributed by atoms with van der Waals surface area (Å²) in [6.45, 7) is 1.99. The molecule has 0 saturated carbocycles. The molecule has 24 heavy (non-hydrogen) atoms. The highest BCUT2D eigenvalue weighted by atomic mass is 79.9. The van der Waals surface area contributed by atoms with Crippen LogP contribution >= 0.6 is 15.9 Å². The maximum Gasteiger partial charge on any atom is 0.248 e. The number of carbonyl (C=O) groups is 1. The number of hydrogen-bond donors (Lipinski definition) is 2. The first-order chi connectivity index (χ1) is 11.6. The van der Waals surface area contributed by atoms with E-state index in [9.17, 15) is 4.79 Å². The second-order valence-electron chi connectivity index (χ2n) is 5.11. The molecule has 2 N–H and O–H groups in total. The summed E-state index contributed by atoms with van der Waals surface area (Å²) in [7, 11) is 0. The molecular formula is C16H15BrN6O. The van der Waals surface area contributed by atoms with E-state index in [0.29, 0.717) is 5.95 Å². The highest BCUT2D eigenvalue weighted by molar-refractivity contribution is 9.10. The summed E-state index contributed by atoms with van der Waals surface area (Å²) >= 11 is 3.40. The summed E-state index contributed by atoms with van der Waals surface area (Å²) in [6, 6.07) is 15.1. The van der Waals surface area contributed by atoms with Gasteiger partial charge in [0.2, 0.25) is 11.9 Å². The van der Waals surface area contributed by atoms with Gasteiger partial charge in [0.15, 0.2) is 0 Å². The van der Waals surface area contributed by atoms with Crippen LogP contribution in [0.5, 0.6) is 0 Å². The number of halogens is 1. The maximum absolute atomic E-state index is 12.1. The Morgan fingerprint density at radius 2 is 2.00 bits per heavy atom. The Labute approximate surface area is 147 Å². The van der Waals surface area contributed by atoms with Crippen LogP contribution in [-0.2, 0) is 4.79 Å². The van der Waals surface area contributed by atoms with E-state index in [1.165, 1.54) is 4.68 Å². The van der Waals surface area contributed by atoms with Crippen LogP contribution in [0.15, 0.2) is 53.0 Å². The first-order valence-electron chi connectivity index (χ1n) is 7.27. The number of rotatable bonds is 5. The quantitative estimate of drug-likeness (QED) is 0.703. The summed E-state index contributed by atoms with van der Waals surface area (Å²) in [6.07, 6.45) is 0. The first-order valence-corrected chi connectivity index (χ1v) is 8.06. The first kappa shape index (κ1) is 16.1. The number of aromatic nitrogens is 4. The minimum atomic E-state index is -0.178. The van der Waals surface area contributed by atoms with Crippen molar-refractivity contribution in [1.82, 2.24) is 20.2 Å². The molecule has 0 radical (unpaired) electrons. The molecule has 0 saturated heterocycles. The van der Waals surface area contributed by atoms with Gasteiger partial charge in [0.25, 0.3) is 0 Å². The monoisotopic (exact) mass is 386 g/mol. The summed E-state index contributed by atoms with van der Waals surface area (Å²) < 4.78 is 2.51. The maximum atomic E-state index is 12.1. The van der Waals surface area contributed by atoms with Gasteiger partial charge in [-0.1, -0.05) is 39.2 Å². The van der Waals surface area contributed by atoms with E-state index < -0.39 is 0 Å². The Morgan fingerprint density at radius 3 is 2.75 bits per heavy atom. The second kappa shape index (κ2) is 7.22. The Balaban J connectivity index is 1.64. The molecule has 0 fully saturated rings. The molecule has 7 nitrogen and oxygen atoms in total. The molecule has 0 atom stereocenters. The molecule has 8 heteroatoms. The van der Waals surface area contributed by atoms with Crippen molar-refractivity contribution in [3.05, 3.63) is 58.6 Å². The number of amides is 1. The van der Waals surface area contributed by atoms with Crippen LogP contribution in [0.1, 0.15) is 5.56 Å². The van der Waals surface area contributed by atoms with Crippen LogP contribution in [-0.4, -0.2) is 32.7 Å². The van der Waals surface area contributed by atoms with Gasteiger partial charge in [-0.05, 0) is 53.2 Å². The zero-order valence-corrected chi connectivity index (χ0v) is 14.5. The van der Waals surface area contributed by atoms with Crippen molar-refractivity contribution in [1.29, 1.82) is 0 Å². The fourth-order valence-corrected chi connectivity index (χ4v) is 2.64. The lowest BCUT2D eigenvalue weighted by atomic mass is 10.2. The number of nitrogens with zero attached hydrogens (tertiary/aromatic N) is 4. The van der Waals surface area contributed by atoms with Crippen LogP contribution in [0.25, 0.3) is 5.69 Å². The van der Waals surface area contributed by atoms with E-state index in [1.807, 2.05) is 55.5 Å². The molecule has 0 bridgehead atoms. The molecule has 0 unspecified atom stereocenters. The lowest BCUT2D eigenvalue weighted by Crippen LogP contribution is -2.23. The third-order valence-electron chi connectivity index (χ3n) is 3.34. The lowest BCUT2D eigenvalue weighted by Gasteiger charge is -2.10. The second-order valence-corrected chi connectivity index (χ2v) is 6.03. The molecule has 1 amide bonds. The Bertz CT molecular complexity index is 849. The number of hydrogen-bond acceptors (Lipinski definition) is 5. The highest BCUT2D eigenvalue weighted by Gasteiger charge is 2.10. The fraction of sp³-hybridized carbons (Fsp3) is 0.125. The van der Waals surface area contributed by atoms with E-state index in [2.05, 4.69) is 42.1 Å². The molecule has 0 aliphatic carbocycles. The van der Waals surface area contributed by atoms with Crippen molar-refractivity contribution in [2.45, 2.75) is 6.92 Å². The topological polar surface area (TPSA) is 84.7 Å². The Hall–Kier alpha value is -2.74. The van der Waals surface area contributed by atoms with E-state index in [1.54, 1.807) is 0 Å². The molecular weight excluding hydrogens is 372 g/mol. The molecule has 122 valence electrons. The number of nitrogens with one attached hydrogen (secondary N) is 2. The SMILES string of the molecule is Cc1cc(Br)ccc1NC(=O)CNc1nnnn1-c1ccccc1. The van der Waals surface area contributed by atoms with Gasteiger partial charge in [-0.2, -0.15) is 4.68 Å². The van der Waals surface area contributed by atoms with Gasteiger partial charge in [0, 0.05) is 10.2 Å². The minimum absolute atomic E-state index is 0.0582. The normalized spacial score (nSPS) is 10.4. The fourth-order valence-electron chi connectivity index (χ4n) is 2.16. The number of para-hydroxylation sites is 1. The number of aryl methyl sites for hydroxylation is 1. The van der Waals surface area contributed by atoms with E-state index >= 15 is 0 Å². The van der Waals surface area contributed by atoms with Crippen molar-refractivity contribution in [3.63, 3.8) is 0 Å². The standard InChI is InChI=1S/C16H15BrN6O/c1-11-9-12(17)7-8-14(11)19-15(24)10-18-16-20-21-22-23(16)13-5-3-2-4-6-13/h2-9H,10H2,1H3,(H,19,24)(H,18,20,22). The number of benzene rings is 2. The molecule has 3 rings (SSSR count). The van der Waals surface area contributed by atoms with Crippen molar-refractivity contribution in [2.75, 3.05) is 17.2 Å². The van der Waals surface area contributed by atoms with Crippen molar-refractivity contribution in [3.8, 4) is 5.69 Å². The average Bonchev–Trinajstić information content (AvgIpc) is 3.05. The summed E-state index contributed by atoms with van der Waals surface area (Å²) in [5.74, 6) is 0.229. The van der Waals surface area contributed by atoms with Crippen LogP contribution in [0.2, 0.25) is 0 Å². The predicted molar refractivity (Wildman–Crippen MR) is 95.2 cm³/mol. The van der Waals surface area contributed by atoms with Crippen molar-refractivity contribution in [2.24, 2.45) is 0 Å². The van der Waals surface area contributed by atoms with Gasteiger partial charge in [-0.15, -0.1) is 0 Å². The molecule has 1 heterocycles. The molecule has 2 aromatic carbocycles. The predicted octanol–water partition coefficient (Wildman–Crippen LogP) is 2.78. The van der Waals surface area contributed by atoms with Crippen LogP contribution < -0.4 is 10.6 Å². The van der Waals surface area contributed by atoms with Gasteiger partial charge in [-0.25, -0.2) is 0 Å². The zero-order valence-electron chi connectivity index (χ0n) is 12.9. The van der Waals surface area contributed by atoms with E-state index in [0.717, 1.165) is 21.4 Å². The zero-order chi connectivity index (χ0) is 16.9. The smallest absolute Gasteiger partial charge is 0.248 e. The largest absolute Gasteiger partial charge is 0.344 e. The molecule has 1 aromatic heterocycles. The molecule has 0 spiro atoms. The van der Waals surface area contributed by atoms with Gasteiger partial charge < -0.3 is 10.6 Å². The van der Waals surface area contributed by atoms with Crippen LogP contribution in [0.3, 0.4) is 0 Å². The number of anilines is 2. The summed E-state index contributed by atoms with van der Waals surface area (Å²) in [5, 5.41) is 17.3. The summed E-state index contributed by atoms with van der Waals surface area (Å²) in [4.78, 5) is 12.1. The van der Waals surface area contributed by atoms with Crippen LogP contribution in [0.4, 0.5) is 11.6 Å². The molecule has 3 aromatic rings. The Morgan fingerprint density at radius 1 is 1.21 bits per heavy atom. The molecule has 0 aliphatic rings. The van der Waals surface area contributed by atoms with Gasteiger partial charge >= 0.3 is 0 Å². The van der Waals surface area contributed by atoms with E-state index in [4.69, 9.17) is 0 Å². The van der Waals surface area contributed by atoms with Crippen molar-refractivity contribution < 1.29 is 4.79 Å². The van der Waals surface area contributed by atoms with Crippen LogP contribution in [0, 0.1) is 6.92 Å². The average molecular weight is 387 g/mol. The number of tetrazole rings is 1. The van der Waals surface area contributed by atoms with Gasteiger partial charge in [0.1, 0.15) is 0 Å².